The number of aromatic nitrogens is 1. The maximum Gasteiger partial charge on any atom is 0.210 e. The van der Waals surface area contributed by atoms with Crippen LogP contribution in [0.3, 0.4) is 0 Å². The van der Waals surface area contributed by atoms with Gasteiger partial charge in [0.2, 0.25) is 5.13 Å². The molecule has 150 valence electrons. The summed E-state index contributed by atoms with van der Waals surface area (Å²) in [6, 6.07) is 23.6. The number of hydrogen-bond acceptors (Lipinski definition) is 5. The quantitative estimate of drug-likeness (QED) is 0.310. The number of aliphatic imine (C=N–C) groups is 1. The standard InChI is InChI=1S/C24H19ClN2O2S/c1-28-20-10-6-9-18(22(20)29-2)15-26-24-27-21(16-11-13-19(25)14-12-16)23(30-24)17-7-4-3-5-8-17/h3-15H,1-2H3. The first-order valence-corrected chi connectivity index (χ1v) is 10.5. The Kier molecular flexibility index (Phi) is 6.12. The van der Waals surface area contributed by atoms with Crippen LogP contribution in [0, 0.1) is 0 Å². The van der Waals surface area contributed by atoms with E-state index in [1.54, 1.807) is 31.8 Å². The van der Waals surface area contributed by atoms with E-state index in [4.69, 9.17) is 26.1 Å². The molecule has 0 aliphatic heterocycles. The highest BCUT2D eigenvalue weighted by molar-refractivity contribution is 7.19. The molecule has 4 aromatic rings. The van der Waals surface area contributed by atoms with Gasteiger partial charge in [-0.25, -0.2) is 9.98 Å². The Hall–Kier alpha value is -3.15. The van der Waals surface area contributed by atoms with Crippen LogP contribution >= 0.6 is 22.9 Å². The SMILES string of the molecule is COc1cccc(C=Nc2nc(-c3ccc(Cl)cc3)c(-c3ccccc3)s2)c1OC. The smallest absolute Gasteiger partial charge is 0.210 e. The average Bonchev–Trinajstić information content (AvgIpc) is 3.22. The minimum atomic E-state index is 0.640. The van der Waals surface area contributed by atoms with Crippen LogP contribution in [0.1, 0.15) is 5.56 Å². The van der Waals surface area contributed by atoms with Crippen LogP contribution in [0.4, 0.5) is 5.13 Å². The van der Waals surface area contributed by atoms with Crippen LogP contribution < -0.4 is 9.47 Å². The van der Waals surface area contributed by atoms with Crippen LogP contribution in [-0.4, -0.2) is 25.4 Å². The lowest BCUT2D eigenvalue weighted by molar-refractivity contribution is 0.354. The molecule has 30 heavy (non-hydrogen) atoms. The number of halogens is 1. The van der Waals surface area contributed by atoms with Crippen molar-refractivity contribution >= 4 is 34.3 Å². The van der Waals surface area contributed by atoms with E-state index in [0.29, 0.717) is 21.7 Å². The second kappa shape index (κ2) is 9.11. The molecule has 1 aromatic heterocycles. The number of benzene rings is 3. The highest BCUT2D eigenvalue weighted by Crippen LogP contribution is 2.40. The van der Waals surface area contributed by atoms with Gasteiger partial charge in [0, 0.05) is 22.4 Å². The van der Waals surface area contributed by atoms with Crippen molar-refractivity contribution in [1.82, 2.24) is 4.98 Å². The maximum absolute atomic E-state index is 6.07. The van der Waals surface area contributed by atoms with E-state index in [9.17, 15) is 0 Å². The Morgan fingerprint density at radius 1 is 0.867 bits per heavy atom. The molecule has 0 fully saturated rings. The van der Waals surface area contributed by atoms with Gasteiger partial charge < -0.3 is 9.47 Å². The number of nitrogens with zero attached hydrogens (tertiary/aromatic N) is 2. The molecule has 0 bridgehead atoms. The molecule has 0 saturated carbocycles. The fourth-order valence-electron chi connectivity index (χ4n) is 3.09. The Morgan fingerprint density at radius 2 is 1.63 bits per heavy atom. The molecule has 1 heterocycles. The zero-order chi connectivity index (χ0) is 20.9. The molecular weight excluding hydrogens is 416 g/mol. The molecule has 0 saturated heterocycles. The summed E-state index contributed by atoms with van der Waals surface area (Å²) in [5.41, 5.74) is 3.80. The van der Waals surface area contributed by atoms with Gasteiger partial charge in [0.25, 0.3) is 0 Å². The number of hydrogen-bond donors (Lipinski definition) is 0. The molecule has 0 N–H and O–H groups in total. The van der Waals surface area contributed by atoms with E-state index in [-0.39, 0.29) is 0 Å². The van der Waals surface area contributed by atoms with Gasteiger partial charge in [-0.05, 0) is 29.8 Å². The van der Waals surface area contributed by atoms with Crippen LogP contribution in [-0.2, 0) is 0 Å². The topological polar surface area (TPSA) is 43.7 Å². The average molecular weight is 435 g/mol. The summed E-state index contributed by atoms with van der Waals surface area (Å²) in [4.78, 5) is 10.5. The summed E-state index contributed by atoms with van der Waals surface area (Å²) < 4.78 is 10.9. The Morgan fingerprint density at radius 3 is 2.33 bits per heavy atom. The van der Waals surface area contributed by atoms with Crippen molar-refractivity contribution in [2.45, 2.75) is 0 Å². The Bertz CT molecular complexity index is 1170. The van der Waals surface area contributed by atoms with Crippen molar-refractivity contribution in [1.29, 1.82) is 0 Å². The molecule has 0 unspecified atom stereocenters. The van der Waals surface area contributed by atoms with E-state index in [0.717, 1.165) is 27.3 Å². The molecule has 0 aliphatic carbocycles. The predicted octanol–water partition coefficient (Wildman–Crippen LogP) is 6.90. The molecule has 0 aliphatic rings. The van der Waals surface area contributed by atoms with E-state index in [1.807, 2.05) is 60.7 Å². The summed E-state index contributed by atoms with van der Waals surface area (Å²) >= 11 is 7.61. The number of para-hydroxylation sites is 1. The summed E-state index contributed by atoms with van der Waals surface area (Å²) in [6.07, 6.45) is 1.75. The first-order chi connectivity index (χ1) is 14.7. The summed E-state index contributed by atoms with van der Waals surface area (Å²) in [5.74, 6) is 1.30. The van der Waals surface area contributed by atoms with Crippen LogP contribution in [0.2, 0.25) is 5.02 Å². The van der Waals surface area contributed by atoms with E-state index in [1.165, 1.54) is 0 Å². The van der Waals surface area contributed by atoms with Crippen molar-refractivity contribution in [3.05, 3.63) is 83.4 Å². The van der Waals surface area contributed by atoms with E-state index < -0.39 is 0 Å². The predicted molar refractivity (Wildman–Crippen MR) is 125 cm³/mol. The van der Waals surface area contributed by atoms with Gasteiger partial charge in [0.15, 0.2) is 11.5 Å². The third-order valence-electron chi connectivity index (χ3n) is 4.52. The number of ether oxygens (including phenoxy) is 2. The highest BCUT2D eigenvalue weighted by Gasteiger charge is 2.15. The molecule has 0 amide bonds. The van der Waals surface area contributed by atoms with Crippen molar-refractivity contribution in [3.8, 4) is 33.2 Å². The van der Waals surface area contributed by atoms with E-state index in [2.05, 4.69) is 17.1 Å². The molecule has 4 nitrogen and oxygen atoms in total. The van der Waals surface area contributed by atoms with Gasteiger partial charge in [0.1, 0.15) is 0 Å². The van der Waals surface area contributed by atoms with Crippen molar-refractivity contribution in [2.24, 2.45) is 4.99 Å². The summed E-state index contributed by atoms with van der Waals surface area (Å²) in [7, 11) is 3.23. The normalized spacial score (nSPS) is 11.0. The third kappa shape index (κ3) is 4.22. The Balaban J connectivity index is 1.77. The maximum atomic E-state index is 6.07. The van der Waals surface area contributed by atoms with E-state index >= 15 is 0 Å². The minimum absolute atomic E-state index is 0.640. The highest BCUT2D eigenvalue weighted by atomic mass is 35.5. The molecule has 0 spiro atoms. The summed E-state index contributed by atoms with van der Waals surface area (Å²) in [5, 5.41) is 1.35. The monoisotopic (exact) mass is 434 g/mol. The molecule has 4 rings (SSSR count). The lowest BCUT2D eigenvalue weighted by atomic mass is 10.1. The molecule has 0 radical (unpaired) electrons. The lowest BCUT2D eigenvalue weighted by Gasteiger charge is -2.09. The third-order valence-corrected chi connectivity index (χ3v) is 5.78. The van der Waals surface area contributed by atoms with Crippen molar-refractivity contribution < 1.29 is 9.47 Å². The van der Waals surface area contributed by atoms with Gasteiger partial charge in [-0.3, -0.25) is 0 Å². The van der Waals surface area contributed by atoms with Crippen LogP contribution in [0.5, 0.6) is 11.5 Å². The summed E-state index contributed by atoms with van der Waals surface area (Å²) in [6.45, 7) is 0. The van der Waals surface area contributed by atoms with Gasteiger partial charge in [-0.15, -0.1) is 0 Å². The second-order valence-corrected chi connectivity index (χ2v) is 7.80. The van der Waals surface area contributed by atoms with Crippen LogP contribution in [0.15, 0.2) is 77.8 Å². The zero-order valence-corrected chi connectivity index (χ0v) is 18.1. The number of rotatable bonds is 6. The first-order valence-electron chi connectivity index (χ1n) is 9.27. The lowest BCUT2D eigenvalue weighted by Crippen LogP contribution is -1.94. The Labute approximate surface area is 184 Å². The van der Waals surface area contributed by atoms with Crippen LogP contribution in [0.25, 0.3) is 21.7 Å². The van der Waals surface area contributed by atoms with Gasteiger partial charge >= 0.3 is 0 Å². The first kappa shape index (κ1) is 20.1. The molecule has 6 heteroatoms. The molecule has 0 atom stereocenters. The molecule has 3 aromatic carbocycles. The van der Waals surface area contributed by atoms with Gasteiger partial charge in [0.05, 0.1) is 24.8 Å². The zero-order valence-electron chi connectivity index (χ0n) is 16.5. The second-order valence-electron chi connectivity index (χ2n) is 6.39. The number of methoxy groups -OCH3 is 2. The van der Waals surface area contributed by atoms with Gasteiger partial charge in [-0.2, -0.15) is 0 Å². The minimum Gasteiger partial charge on any atom is -0.493 e. The fourth-order valence-corrected chi connectivity index (χ4v) is 4.16. The number of thiazole rings is 1. The largest absolute Gasteiger partial charge is 0.493 e. The fraction of sp³-hybridized carbons (Fsp3) is 0.0833. The molecular formula is C24H19ClN2O2S. The van der Waals surface area contributed by atoms with Gasteiger partial charge in [-0.1, -0.05) is 71.5 Å². The van der Waals surface area contributed by atoms with Crippen molar-refractivity contribution in [2.75, 3.05) is 14.2 Å². The van der Waals surface area contributed by atoms with Crippen molar-refractivity contribution in [3.63, 3.8) is 0 Å².